The fourth-order valence-electron chi connectivity index (χ4n) is 12.7. The van der Waals surface area contributed by atoms with E-state index < -0.39 is 26.2 Å². The molecule has 0 radical (unpaired) electrons. The van der Waals surface area contributed by atoms with Crippen LogP contribution < -0.4 is 40.2 Å². The molecule has 0 bridgehead atoms. The minimum absolute atomic E-state index is 0. The summed E-state index contributed by atoms with van der Waals surface area (Å²) >= 11 is 0. The van der Waals surface area contributed by atoms with Crippen LogP contribution in [0.5, 0.6) is 11.5 Å². The van der Waals surface area contributed by atoms with Crippen LogP contribution in [0.15, 0.2) is 237 Å². The molecule has 0 saturated carbocycles. The predicted octanol–water partition coefficient (Wildman–Crippen LogP) is 17.9. The Balaban J connectivity index is 0.00000743. The number of hydrogen-bond acceptors (Lipinski definition) is 5. The molecule has 0 unspecified atom stereocenters. The van der Waals surface area contributed by atoms with Crippen LogP contribution in [-0.4, -0.2) is 13.1 Å². The monoisotopic (exact) mass is 1300 g/mol. The second-order valence-corrected chi connectivity index (χ2v) is 29.0. The Bertz CT molecular complexity index is 4610. The SMILES string of the molecule is [2H]c1c([2H])c([2H])c(-c2cccc(-c3cc(-c4ccc(C(C)(C)C)cc4)cc(C(C)(C)C)c3)c2N2[CH-]N(c3[c-]c(Oc4[c-]c5c(cc4)[Si]4(c6ccccc6-c6ccccc64)c4ccccc4N5c4cc(C(C)(C)C)ccn4)ccc3)c3ccccc32)c([2H])c1[2H].[Pt]. The molecule has 4 heterocycles. The molecule has 11 aromatic rings. The zero-order valence-electron chi connectivity index (χ0n) is 54.2. The maximum Gasteiger partial charge on any atom is 0.135 e. The second-order valence-electron chi connectivity index (χ2n) is 25.4. The number of ether oxygens (including phenoxy) is 1. The Morgan fingerprint density at radius 2 is 1.01 bits per heavy atom. The summed E-state index contributed by atoms with van der Waals surface area (Å²) < 4.78 is 52.3. The van der Waals surface area contributed by atoms with Crippen LogP contribution in [0.3, 0.4) is 0 Å². The van der Waals surface area contributed by atoms with Crippen LogP contribution >= 0.6 is 0 Å². The van der Waals surface area contributed by atoms with E-state index in [0.717, 1.165) is 56.4 Å². The largest absolute Gasteiger partial charge is 0.509 e. The summed E-state index contributed by atoms with van der Waals surface area (Å²) in [6.45, 7) is 22.0. The number of fused-ring (bicyclic) bond motifs is 10. The van der Waals surface area contributed by atoms with Gasteiger partial charge in [-0.25, -0.2) is 4.98 Å². The zero-order valence-corrected chi connectivity index (χ0v) is 52.5. The maximum absolute atomic E-state index is 9.41. The summed E-state index contributed by atoms with van der Waals surface area (Å²) in [7, 11) is -2.97. The predicted molar refractivity (Wildman–Crippen MR) is 353 cm³/mol. The molecular formula is C78H67N4OPtSi-3. The van der Waals surface area contributed by atoms with Gasteiger partial charge >= 0.3 is 0 Å². The molecule has 10 aromatic carbocycles. The van der Waals surface area contributed by atoms with Crippen LogP contribution in [0.2, 0.25) is 0 Å². The number of nitrogens with zero attached hydrogens (tertiary/aromatic N) is 4. The van der Waals surface area contributed by atoms with E-state index in [9.17, 15) is 2.74 Å². The molecule has 3 aliphatic rings. The third kappa shape index (κ3) is 9.55. The zero-order chi connectivity index (χ0) is 62.1. The van der Waals surface area contributed by atoms with Gasteiger partial charge in [0.25, 0.3) is 0 Å². The van der Waals surface area contributed by atoms with E-state index in [1.54, 1.807) is 0 Å². The molecule has 0 amide bonds. The minimum Gasteiger partial charge on any atom is -0.509 e. The van der Waals surface area contributed by atoms with Crippen molar-refractivity contribution < 1.29 is 32.7 Å². The number of benzene rings is 10. The number of hydrogen-bond donors (Lipinski definition) is 0. The van der Waals surface area contributed by atoms with Crippen LogP contribution in [0.4, 0.5) is 39.9 Å². The van der Waals surface area contributed by atoms with Gasteiger partial charge in [0.05, 0.1) is 6.85 Å². The summed E-state index contributed by atoms with van der Waals surface area (Å²) in [6.07, 6.45) is 1.92. The fraction of sp³-hybridized carbons (Fsp3) is 0.154. The molecule has 85 heavy (non-hydrogen) atoms. The molecule has 422 valence electrons. The molecule has 0 aliphatic carbocycles. The Labute approximate surface area is 524 Å². The van der Waals surface area contributed by atoms with Gasteiger partial charge in [0, 0.05) is 72.6 Å². The van der Waals surface area contributed by atoms with Crippen molar-refractivity contribution in [2.45, 2.75) is 78.6 Å². The van der Waals surface area contributed by atoms with Crippen LogP contribution in [0, 0.1) is 18.8 Å². The average Bonchev–Trinajstić information content (AvgIpc) is 1.50. The van der Waals surface area contributed by atoms with Crippen molar-refractivity contribution >= 4 is 68.8 Å². The van der Waals surface area contributed by atoms with Crippen molar-refractivity contribution in [3.8, 4) is 56.0 Å². The first-order valence-corrected chi connectivity index (χ1v) is 30.9. The van der Waals surface area contributed by atoms with Gasteiger partial charge in [-0.1, -0.05) is 232 Å². The normalized spacial score (nSPS) is 14.6. The van der Waals surface area contributed by atoms with Crippen molar-refractivity contribution in [3.63, 3.8) is 0 Å². The molecular weight excluding hydrogens is 1230 g/mol. The fourth-order valence-corrected chi connectivity index (χ4v) is 18.2. The summed E-state index contributed by atoms with van der Waals surface area (Å²) in [5.74, 6) is 1.79. The molecule has 1 aromatic heterocycles. The molecule has 3 aliphatic heterocycles. The quantitative estimate of drug-likeness (QED) is 0.112. The Morgan fingerprint density at radius 1 is 0.447 bits per heavy atom. The number of rotatable bonds is 8. The number of anilines is 7. The standard InChI is InChI=1S/C78H67N4OSi.Pt/c1-76(2,3)56-39-37-52(38-40-56)54-45-55(47-58(46-54)78(7,8)9)63-30-22-29-62(53-23-11-10-12-24-53)75(63)81-51-80(66-31-15-16-32-67(66)81)59-25-21-26-60(49-59)83-61-41-42-73-69(50-61)82(74-48-57(43-44-79-74)77(4,5)6)68-33-17-20-36-72(68)84(73)70-34-18-13-27-64(70)65-28-14-19-35-71(65)84;/h10-48,51H,1-9H3;/q-3;/i10D,11D,12D,23D,24D;. The summed E-state index contributed by atoms with van der Waals surface area (Å²) in [5.41, 5.74) is 15.1. The Hall–Kier alpha value is -8.54. The number of para-hydroxylation sites is 4. The first kappa shape index (κ1) is 49.8. The molecule has 0 N–H and O–H groups in total. The maximum atomic E-state index is 9.41. The Morgan fingerprint density at radius 3 is 1.68 bits per heavy atom. The number of aromatic nitrogens is 1. The second kappa shape index (κ2) is 21.2. The Kier molecular flexibility index (Phi) is 12.4. The van der Waals surface area contributed by atoms with E-state index in [1.807, 2.05) is 55.3 Å². The number of pyridine rings is 1. The third-order valence-electron chi connectivity index (χ3n) is 17.0. The van der Waals surface area contributed by atoms with Crippen LogP contribution in [0.25, 0.3) is 44.5 Å². The molecule has 1 spiro atoms. The van der Waals surface area contributed by atoms with Crippen molar-refractivity contribution in [3.05, 3.63) is 272 Å². The van der Waals surface area contributed by atoms with Crippen molar-refractivity contribution in [2.24, 2.45) is 0 Å². The van der Waals surface area contributed by atoms with Gasteiger partial charge in [-0.3, -0.25) is 0 Å². The van der Waals surface area contributed by atoms with Gasteiger partial charge in [0.2, 0.25) is 0 Å². The summed E-state index contributed by atoms with van der Waals surface area (Å²) in [6, 6.07) is 76.5. The third-order valence-corrected chi connectivity index (χ3v) is 21.9. The van der Waals surface area contributed by atoms with E-state index in [0.29, 0.717) is 28.4 Å². The van der Waals surface area contributed by atoms with E-state index in [2.05, 4.69) is 247 Å². The molecule has 0 saturated heterocycles. The summed E-state index contributed by atoms with van der Waals surface area (Å²) in [5, 5.41) is 5.18. The molecule has 7 heteroatoms. The first-order chi connectivity index (χ1) is 42.6. The van der Waals surface area contributed by atoms with E-state index in [-0.39, 0.29) is 55.0 Å². The van der Waals surface area contributed by atoms with Gasteiger partial charge in [0.15, 0.2) is 0 Å². The first-order valence-electron chi connectivity index (χ1n) is 31.4. The van der Waals surface area contributed by atoms with Crippen LogP contribution in [0.1, 0.15) is 85.9 Å². The van der Waals surface area contributed by atoms with Gasteiger partial charge < -0.3 is 19.4 Å². The summed E-state index contributed by atoms with van der Waals surface area (Å²) in [4.78, 5) is 11.6. The van der Waals surface area contributed by atoms with Gasteiger partial charge in [0.1, 0.15) is 13.9 Å². The molecule has 0 atom stereocenters. The van der Waals surface area contributed by atoms with E-state index >= 15 is 0 Å². The van der Waals surface area contributed by atoms with E-state index in [4.69, 9.17) is 13.8 Å². The van der Waals surface area contributed by atoms with Crippen molar-refractivity contribution in [1.29, 1.82) is 0 Å². The molecule has 5 nitrogen and oxygen atoms in total. The van der Waals surface area contributed by atoms with E-state index in [1.165, 1.54) is 43.0 Å². The van der Waals surface area contributed by atoms with Crippen molar-refractivity contribution in [2.75, 3.05) is 14.7 Å². The van der Waals surface area contributed by atoms with Gasteiger partial charge in [-0.05, 0) is 118 Å². The van der Waals surface area contributed by atoms with Crippen LogP contribution in [-0.2, 0) is 37.3 Å². The topological polar surface area (TPSA) is 31.8 Å². The minimum atomic E-state index is -2.97. The van der Waals surface area contributed by atoms with Gasteiger partial charge in [-0.2, -0.15) is 12.1 Å². The van der Waals surface area contributed by atoms with Crippen molar-refractivity contribution in [1.82, 2.24) is 4.98 Å². The molecule has 14 rings (SSSR count). The molecule has 0 fully saturated rings. The smallest absolute Gasteiger partial charge is 0.135 e. The van der Waals surface area contributed by atoms with Gasteiger partial charge in [-0.15, -0.1) is 47.9 Å². The average molecular weight is 1300 g/mol.